The van der Waals surface area contributed by atoms with E-state index in [0.29, 0.717) is 5.56 Å². The van der Waals surface area contributed by atoms with Crippen LogP contribution in [0.3, 0.4) is 0 Å². The van der Waals surface area contributed by atoms with Gasteiger partial charge in [-0.25, -0.2) is 24.0 Å². The highest BCUT2D eigenvalue weighted by atomic mass is 19.1. The molecule has 1 aromatic heterocycles. The van der Waals surface area contributed by atoms with Crippen LogP contribution in [-0.2, 0) is 22.6 Å². The zero-order valence-corrected chi connectivity index (χ0v) is 18.1. The molecule has 0 bridgehead atoms. The van der Waals surface area contributed by atoms with Crippen LogP contribution in [0.5, 0.6) is 0 Å². The van der Waals surface area contributed by atoms with Gasteiger partial charge in [-0.05, 0) is 38.0 Å². The summed E-state index contributed by atoms with van der Waals surface area (Å²) in [5.74, 6) is -1.11. The molecule has 1 aromatic carbocycles. The third-order valence-electron chi connectivity index (χ3n) is 3.86. The monoisotopic (exact) mass is 447 g/mol. The molecule has 11 heteroatoms. The zero-order valence-electron chi connectivity index (χ0n) is 18.1. The molecule has 2 amide bonds. The summed E-state index contributed by atoms with van der Waals surface area (Å²) >= 11 is 0. The molecule has 0 fully saturated rings. The normalized spacial score (nSPS) is 10.8. The van der Waals surface area contributed by atoms with Crippen molar-refractivity contribution in [3.63, 3.8) is 0 Å². The molecule has 2 rings (SSSR count). The smallest absolute Gasteiger partial charge is 0.407 e. The van der Waals surface area contributed by atoms with Gasteiger partial charge >= 0.3 is 12.2 Å². The summed E-state index contributed by atoms with van der Waals surface area (Å²) in [4.78, 5) is 38.4. The van der Waals surface area contributed by atoms with E-state index in [1.54, 1.807) is 20.8 Å². The van der Waals surface area contributed by atoms with Crippen molar-refractivity contribution in [2.45, 2.75) is 39.5 Å². The Bertz CT molecular complexity index is 921. The van der Waals surface area contributed by atoms with E-state index in [-0.39, 0.29) is 32.1 Å². The minimum absolute atomic E-state index is 0.0155. The first-order valence-corrected chi connectivity index (χ1v) is 9.84. The first-order valence-electron chi connectivity index (χ1n) is 9.84. The molecule has 0 radical (unpaired) electrons. The first kappa shape index (κ1) is 24.5. The molecule has 0 saturated carbocycles. The Balaban J connectivity index is 1.83. The molecule has 1 heterocycles. The number of nitroso groups, excluding NO2 is 1. The fraction of sp³-hybridized carbons (Fsp3) is 0.381. The van der Waals surface area contributed by atoms with Crippen LogP contribution in [0.4, 0.5) is 19.8 Å². The number of aromatic nitrogens is 1. The minimum Gasteiger partial charge on any atom is -0.445 e. The number of halogens is 1. The number of nitrogens with zero attached hydrogens (tertiary/aromatic N) is 3. The second kappa shape index (κ2) is 11.6. The number of ether oxygens (including phenoxy) is 2. The lowest BCUT2D eigenvalue weighted by Crippen LogP contribution is -2.37. The highest BCUT2D eigenvalue weighted by Crippen LogP contribution is 2.17. The number of nitrogens with one attached hydrogen (secondary N) is 2. The van der Waals surface area contributed by atoms with E-state index in [9.17, 15) is 18.9 Å². The molecular formula is C21H26FN5O5. The number of pyridine rings is 1. The number of anilines is 1. The van der Waals surface area contributed by atoms with E-state index in [0.717, 1.165) is 16.6 Å². The highest BCUT2D eigenvalue weighted by Gasteiger charge is 2.18. The number of hydrogen-bond donors (Lipinski definition) is 2. The third kappa shape index (κ3) is 8.54. The maximum Gasteiger partial charge on any atom is 0.407 e. The summed E-state index contributed by atoms with van der Waals surface area (Å²) < 4.78 is 24.6. The highest BCUT2D eigenvalue weighted by molar-refractivity contribution is 5.68. The van der Waals surface area contributed by atoms with Crippen molar-refractivity contribution in [3.05, 3.63) is 64.4 Å². The lowest BCUT2D eigenvalue weighted by atomic mass is 10.2. The van der Waals surface area contributed by atoms with Crippen molar-refractivity contribution in [2.24, 2.45) is 5.29 Å². The van der Waals surface area contributed by atoms with Crippen molar-refractivity contribution in [2.75, 3.05) is 18.1 Å². The van der Waals surface area contributed by atoms with Crippen molar-refractivity contribution in [1.29, 1.82) is 0 Å². The van der Waals surface area contributed by atoms with Gasteiger partial charge in [-0.1, -0.05) is 30.3 Å². The van der Waals surface area contributed by atoms with Gasteiger partial charge < -0.3 is 20.1 Å². The number of rotatable bonds is 9. The largest absolute Gasteiger partial charge is 0.445 e. The maximum absolute atomic E-state index is 14.4. The molecule has 172 valence electrons. The van der Waals surface area contributed by atoms with E-state index in [1.807, 2.05) is 30.3 Å². The molecule has 0 atom stereocenters. The summed E-state index contributed by atoms with van der Waals surface area (Å²) in [6.07, 6.45) is -0.0323. The second-order valence-corrected chi connectivity index (χ2v) is 7.70. The maximum atomic E-state index is 14.4. The average Bonchev–Trinajstić information content (AvgIpc) is 2.74. The van der Waals surface area contributed by atoms with E-state index in [4.69, 9.17) is 9.47 Å². The number of carbonyl (C=O) groups is 2. The van der Waals surface area contributed by atoms with Crippen LogP contribution in [0, 0.1) is 10.7 Å². The predicted octanol–water partition coefficient (Wildman–Crippen LogP) is 3.66. The molecule has 0 spiro atoms. The molecule has 2 aromatic rings. The Hall–Kier alpha value is -3.76. The topological polar surface area (TPSA) is 122 Å². The number of carbonyl (C=O) groups excluding carboxylic acids is 2. The van der Waals surface area contributed by atoms with Crippen LogP contribution in [-0.4, -0.2) is 35.9 Å². The van der Waals surface area contributed by atoms with Gasteiger partial charge in [0.25, 0.3) is 0 Å². The van der Waals surface area contributed by atoms with E-state index >= 15 is 0 Å². The van der Waals surface area contributed by atoms with Crippen LogP contribution < -0.4 is 15.6 Å². The minimum atomic E-state index is -0.807. The van der Waals surface area contributed by atoms with Gasteiger partial charge in [-0.2, -0.15) is 0 Å². The van der Waals surface area contributed by atoms with Crippen LogP contribution >= 0.6 is 0 Å². The van der Waals surface area contributed by atoms with Gasteiger partial charge in [0, 0.05) is 19.3 Å². The Labute approximate surface area is 185 Å². The summed E-state index contributed by atoms with van der Waals surface area (Å²) in [5.41, 5.74) is 0.529. The quantitative estimate of drug-likeness (QED) is 0.444. The third-order valence-corrected chi connectivity index (χ3v) is 3.86. The van der Waals surface area contributed by atoms with E-state index < -0.39 is 23.6 Å². The predicted molar refractivity (Wildman–Crippen MR) is 115 cm³/mol. The van der Waals surface area contributed by atoms with Gasteiger partial charge in [0.15, 0.2) is 11.6 Å². The molecule has 0 aliphatic carbocycles. The molecular weight excluding hydrogens is 421 g/mol. The lowest BCUT2D eigenvalue weighted by Gasteiger charge is -2.20. The van der Waals surface area contributed by atoms with Crippen LogP contribution in [0.1, 0.15) is 31.9 Å². The van der Waals surface area contributed by atoms with Gasteiger partial charge in [-0.3, -0.25) is 0 Å². The van der Waals surface area contributed by atoms with Crippen molar-refractivity contribution in [1.82, 2.24) is 15.6 Å². The molecule has 10 nitrogen and oxygen atoms in total. The van der Waals surface area contributed by atoms with Crippen LogP contribution in [0.2, 0.25) is 0 Å². The molecule has 0 unspecified atom stereocenters. The van der Waals surface area contributed by atoms with E-state index in [2.05, 4.69) is 20.9 Å². The fourth-order valence-corrected chi connectivity index (χ4v) is 2.47. The zero-order chi connectivity index (χ0) is 23.6. The Morgan fingerprint density at radius 1 is 1.12 bits per heavy atom. The number of benzene rings is 1. The van der Waals surface area contributed by atoms with Crippen LogP contribution in [0.15, 0.2) is 47.9 Å². The van der Waals surface area contributed by atoms with Crippen molar-refractivity contribution < 1.29 is 23.5 Å². The number of alkyl carbamates (subject to hydrolysis) is 2. The second-order valence-electron chi connectivity index (χ2n) is 7.70. The van der Waals surface area contributed by atoms with Gasteiger partial charge in [0.1, 0.15) is 12.2 Å². The molecule has 0 aliphatic rings. The van der Waals surface area contributed by atoms with Gasteiger partial charge in [0.05, 0.1) is 11.8 Å². The van der Waals surface area contributed by atoms with Gasteiger partial charge in [0.2, 0.25) is 0 Å². The molecule has 0 aliphatic heterocycles. The van der Waals surface area contributed by atoms with Gasteiger partial charge in [-0.15, -0.1) is 4.91 Å². The summed E-state index contributed by atoms with van der Waals surface area (Å²) in [7, 11) is 0. The van der Waals surface area contributed by atoms with E-state index in [1.165, 1.54) is 6.20 Å². The number of hydrogen-bond acceptors (Lipinski definition) is 7. The summed E-state index contributed by atoms with van der Waals surface area (Å²) in [6, 6.07) is 10.3. The summed E-state index contributed by atoms with van der Waals surface area (Å²) in [6.45, 7) is 5.09. The fourth-order valence-electron chi connectivity index (χ4n) is 2.47. The SMILES string of the molecule is CC(C)(C)OC(=O)NCCN(N=O)c1ncc(CNC(=O)OCc2ccccc2)cc1F. The van der Waals surface area contributed by atoms with Crippen molar-refractivity contribution in [3.8, 4) is 0 Å². The standard InChI is InChI=1S/C21H26FN5O5/c1-21(2,3)32-20(29)23-9-10-27(26-30)18-17(22)11-16(12-24-18)13-25-19(28)31-14-15-7-5-4-6-8-15/h4-8,11-12H,9-10,13-14H2,1-3H3,(H,23,29)(H,25,28). The average molecular weight is 447 g/mol. The lowest BCUT2D eigenvalue weighted by molar-refractivity contribution is 0.0529. The summed E-state index contributed by atoms with van der Waals surface area (Å²) in [5, 5.41) is 8.47. The molecule has 0 saturated heterocycles. The molecule has 32 heavy (non-hydrogen) atoms. The van der Waals surface area contributed by atoms with Crippen molar-refractivity contribution >= 4 is 18.0 Å². The molecule has 2 N–H and O–H groups in total. The Morgan fingerprint density at radius 3 is 2.47 bits per heavy atom. The number of amides is 2. The van der Waals surface area contributed by atoms with Crippen LogP contribution in [0.25, 0.3) is 0 Å². The Kier molecular flexibility index (Phi) is 8.87. The first-order chi connectivity index (χ1) is 15.2. The Morgan fingerprint density at radius 2 is 1.84 bits per heavy atom.